The molecule has 2 aliphatic heterocycles. The maximum atomic E-state index is 12.4. The third-order valence-electron chi connectivity index (χ3n) is 4.29. The van der Waals surface area contributed by atoms with Crippen LogP contribution < -0.4 is 4.90 Å². The maximum absolute atomic E-state index is 12.4. The Kier molecular flexibility index (Phi) is 3.88. The van der Waals surface area contributed by atoms with Crippen LogP contribution in [-0.2, 0) is 4.74 Å². The van der Waals surface area contributed by atoms with Gasteiger partial charge < -0.3 is 9.64 Å². The minimum Gasteiger partial charge on any atom is -0.444 e. The van der Waals surface area contributed by atoms with Crippen molar-refractivity contribution >= 4 is 11.9 Å². The summed E-state index contributed by atoms with van der Waals surface area (Å²) in [5, 5.41) is 8.86. The number of piperazine rings is 1. The number of carbonyl (C=O) groups excluding carboxylic acids is 1. The molecule has 2 aliphatic rings. The average molecular weight is 314 g/mol. The molecule has 3 rings (SSSR count). The zero-order chi connectivity index (χ0) is 16.6. The molecular weight excluding hydrogens is 292 g/mol. The van der Waals surface area contributed by atoms with Crippen molar-refractivity contribution in [3.05, 3.63) is 23.9 Å². The molecule has 0 radical (unpaired) electrons. The lowest BCUT2D eigenvalue weighted by Crippen LogP contribution is -2.57. The lowest BCUT2D eigenvalue weighted by Gasteiger charge is -2.41. The lowest BCUT2D eigenvalue weighted by atomic mass is 10.2. The first-order valence-corrected chi connectivity index (χ1v) is 8.00. The van der Waals surface area contributed by atoms with Gasteiger partial charge in [-0.15, -0.1) is 0 Å². The van der Waals surface area contributed by atoms with Gasteiger partial charge in [-0.1, -0.05) is 0 Å². The fourth-order valence-electron chi connectivity index (χ4n) is 3.34. The van der Waals surface area contributed by atoms with Crippen LogP contribution in [0.4, 0.5) is 10.6 Å². The number of rotatable bonds is 1. The van der Waals surface area contributed by atoms with E-state index in [1.165, 1.54) is 0 Å². The summed E-state index contributed by atoms with van der Waals surface area (Å²) >= 11 is 0. The number of ether oxygens (including phenoxy) is 1. The van der Waals surface area contributed by atoms with E-state index in [0.29, 0.717) is 5.56 Å². The molecule has 2 atom stereocenters. The Balaban J connectivity index is 1.71. The molecule has 0 spiro atoms. The summed E-state index contributed by atoms with van der Waals surface area (Å²) in [7, 11) is 0. The Labute approximate surface area is 136 Å². The van der Waals surface area contributed by atoms with E-state index in [9.17, 15) is 4.79 Å². The van der Waals surface area contributed by atoms with Crippen molar-refractivity contribution in [2.45, 2.75) is 51.3 Å². The summed E-state index contributed by atoms with van der Waals surface area (Å²) in [5.41, 5.74) is 0.0895. The van der Waals surface area contributed by atoms with E-state index in [-0.39, 0.29) is 18.2 Å². The first-order valence-electron chi connectivity index (χ1n) is 8.00. The first-order chi connectivity index (χ1) is 10.9. The number of nitrogens with zero attached hydrogens (tertiary/aromatic N) is 4. The summed E-state index contributed by atoms with van der Waals surface area (Å²) in [6, 6.07) is 6.07. The van der Waals surface area contributed by atoms with Crippen molar-refractivity contribution in [3.63, 3.8) is 0 Å². The van der Waals surface area contributed by atoms with Gasteiger partial charge in [-0.25, -0.2) is 9.78 Å². The topological polar surface area (TPSA) is 69.5 Å². The molecule has 6 heteroatoms. The number of pyridine rings is 1. The van der Waals surface area contributed by atoms with E-state index < -0.39 is 5.60 Å². The number of carbonyl (C=O) groups is 1. The summed E-state index contributed by atoms with van der Waals surface area (Å²) in [4.78, 5) is 20.9. The molecule has 2 bridgehead atoms. The highest BCUT2D eigenvalue weighted by atomic mass is 16.6. The maximum Gasteiger partial charge on any atom is 0.410 e. The van der Waals surface area contributed by atoms with E-state index in [0.717, 1.165) is 31.7 Å². The van der Waals surface area contributed by atoms with Crippen LogP contribution in [0.2, 0.25) is 0 Å². The number of hydrogen-bond acceptors (Lipinski definition) is 5. The number of fused-ring (bicyclic) bond motifs is 2. The van der Waals surface area contributed by atoms with Crippen LogP contribution in [0.5, 0.6) is 0 Å². The summed E-state index contributed by atoms with van der Waals surface area (Å²) in [6.07, 6.45) is 3.38. The van der Waals surface area contributed by atoms with Crippen molar-refractivity contribution in [1.29, 1.82) is 5.26 Å². The largest absolute Gasteiger partial charge is 0.444 e. The summed E-state index contributed by atoms with van der Waals surface area (Å²) in [5.74, 6) is 0.865. The second-order valence-corrected chi connectivity index (χ2v) is 7.19. The van der Waals surface area contributed by atoms with Crippen LogP contribution in [0.25, 0.3) is 0 Å². The minimum absolute atomic E-state index is 0.168. The third kappa shape index (κ3) is 3.24. The summed E-state index contributed by atoms with van der Waals surface area (Å²) in [6.45, 7) is 7.19. The lowest BCUT2D eigenvalue weighted by molar-refractivity contribution is 0.0123. The van der Waals surface area contributed by atoms with Gasteiger partial charge in [0.05, 0.1) is 17.6 Å². The molecule has 2 unspecified atom stereocenters. The number of aromatic nitrogens is 1. The van der Waals surface area contributed by atoms with Crippen molar-refractivity contribution in [2.75, 3.05) is 18.0 Å². The smallest absolute Gasteiger partial charge is 0.410 e. The average Bonchev–Trinajstić information content (AvgIpc) is 2.76. The zero-order valence-electron chi connectivity index (χ0n) is 13.8. The molecule has 3 heterocycles. The number of hydrogen-bond donors (Lipinski definition) is 0. The standard InChI is InChI=1S/C17H22N4O2/c1-17(2,3)23-16(22)21-13-5-6-14(21)11-20(10-13)15-7-4-12(8-18)9-19-15/h4,7,9,13-14H,5-6,10-11H2,1-3H3. The second kappa shape index (κ2) is 5.73. The molecule has 0 N–H and O–H groups in total. The Bertz CT molecular complexity index is 615. The SMILES string of the molecule is CC(C)(C)OC(=O)N1C2CCC1CN(c1ccc(C#N)cn1)C2. The predicted molar refractivity (Wildman–Crippen MR) is 86.0 cm³/mol. The highest BCUT2D eigenvalue weighted by Gasteiger charge is 2.44. The van der Waals surface area contributed by atoms with Gasteiger partial charge in [0.1, 0.15) is 17.5 Å². The van der Waals surface area contributed by atoms with E-state index in [2.05, 4.69) is 16.0 Å². The van der Waals surface area contributed by atoms with Crippen molar-refractivity contribution in [3.8, 4) is 6.07 Å². The van der Waals surface area contributed by atoms with Crippen LogP contribution >= 0.6 is 0 Å². The molecule has 6 nitrogen and oxygen atoms in total. The first kappa shape index (κ1) is 15.6. The quantitative estimate of drug-likeness (QED) is 0.796. The molecule has 1 aromatic rings. The highest BCUT2D eigenvalue weighted by molar-refractivity contribution is 5.70. The number of amides is 1. The summed E-state index contributed by atoms with van der Waals surface area (Å²) < 4.78 is 5.55. The van der Waals surface area contributed by atoms with Crippen LogP contribution in [-0.4, -0.2) is 46.8 Å². The van der Waals surface area contributed by atoms with Crippen LogP contribution in [0.3, 0.4) is 0 Å². The molecule has 0 saturated carbocycles. The van der Waals surface area contributed by atoms with Gasteiger partial charge in [-0.2, -0.15) is 5.26 Å². The number of nitriles is 1. The van der Waals surface area contributed by atoms with Gasteiger partial charge in [-0.05, 0) is 45.7 Å². The Morgan fingerprint density at radius 1 is 1.30 bits per heavy atom. The molecule has 1 amide bonds. The highest BCUT2D eigenvalue weighted by Crippen LogP contribution is 2.33. The second-order valence-electron chi connectivity index (χ2n) is 7.19. The third-order valence-corrected chi connectivity index (χ3v) is 4.29. The number of anilines is 1. The van der Waals surface area contributed by atoms with Crippen molar-refractivity contribution in [1.82, 2.24) is 9.88 Å². The zero-order valence-corrected chi connectivity index (χ0v) is 13.8. The molecule has 1 aromatic heterocycles. The van der Waals surface area contributed by atoms with Crippen LogP contribution in [0, 0.1) is 11.3 Å². The minimum atomic E-state index is -0.470. The Morgan fingerprint density at radius 3 is 2.43 bits per heavy atom. The molecule has 2 saturated heterocycles. The fourth-order valence-corrected chi connectivity index (χ4v) is 3.34. The fraction of sp³-hybridized carbons (Fsp3) is 0.588. The molecular formula is C17H22N4O2. The van der Waals surface area contributed by atoms with Gasteiger partial charge in [0.15, 0.2) is 0 Å². The van der Waals surface area contributed by atoms with E-state index in [1.807, 2.05) is 31.7 Å². The van der Waals surface area contributed by atoms with E-state index in [1.54, 1.807) is 12.3 Å². The Hall–Kier alpha value is -2.29. The van der Waals surface area contributed by atoms with Gasteiger partial charge in [0.25, 0.3) is 0 Å². The van der Waals surface area contributed by atoms with E-state index >= 15 is 0 Å². The monoisotopic (exact) mass is 314 g/mol. The molecule has 0 aromatic carbocycles. The normalized spacial score (nSPS) is 23.6. The van der Waals surface area contributed by atoms with Gasteiger partial charge in [0, 0.05) is 19.3 Å². The van der Waals surface area contributed by atoms with Crippen LogP contribution in [0.15, 0.2) is 18.3 Å². The van der Waals surface area contributed by atoms with Gasteiger partial charge >= 0.3 is 6.09 Å². The molecule has 23 heavy (non-hydrogen) atoms. The molecule has 2 fully saturated rings. The predicted octanol–water partition coefficient (Wildman–Crippen LogP) is 2.54. The van der Waals surface area contributed by atoms with Crippen molar-refractivity contribution < 1.29 is 9.53 Å². The van der Waals surface area contributed by atoms with Crippen LogP contribution in [0.1, 0.15) is 39.2 Å². The van der Waals surface area contributed by atoms with E-state index in [4.69, 9.17) is 10.00 Å². The Morgan fingerprint density at radius 2 is 1.96 bits per heavy atom. The molecule has 0 aliphatic carbocycles. The van der Waals surface area contributed by atoms with Gasteiger partial charge in [0.2, 0.25) is 0 Å². The molecule has 122 valence electrons. The van der Waals surface area contributed by atoms with Crippen molar-refractivity contribution in [2.24, 2.45) is 0 Å². The van der Waals surface area contributed by atoms with Gasteiger partial charge in [-0.3, -0.25) is 4.90 Å².